The molecule has 0 radical (unpaired) electrons. The summed E-state index contributed by atoms with van der Waals surface area (Å²) < 4.78 is 26.6. The van der Waals surface area contributed by atoms with Gasteiger partial charge in [-0.25, -0.2) is 4.39 Å². The number of hydrogen-bond donors (Lipinski definition) is 1. The van der Waals surface area contributed by atoms with Crippen LogP contribution in [0.4, 0.5) is 10.1 Å². The van der Waals surface area contributed by atoms with Crippen molar-refractivity contribution in [1.82, 2.24) is 15.2 Å². The summed E-state index contributed by atoms with van der Waals surface area (Å²) in [5, 5.41) is 8.61. The van der Waals surface area contributed by atoms with Crippen LogP contribution in [0.2, 0.25) is 10.0 Å². The summed E-state index contributed by atoms with van der Waals surface area (Å²) in [4.78, 5) is 4.26. The zero-order valence-electron chi connectivity index (χ0n) is 16.6. The van der Waals surface area contributed by atoms with Gasteiger partial charge in [0, 0.05) is 28.5 Å². The standard InChI is InChI=1S/C22H17Cl2FN4O2/c1-11-5-6-27-12(2)19(11)22-29-28-18(31-22)7-13-3-4-17(24)21(20(13)25)30-16-9-14(23)8-15(26)10-16/h3-6,8-10H,7,26H2,1-2H3. The summed E-state index contributed by atoms with van der Waals surface area (Å²) >= 11 is 12.2. The quantitative estimate of drug-likeness (QED) is 0.360. The lowest BCUT2D eigenvalue weighted by atomic mass is 10.1. The first-order valence-corrected chi connectivity index (χ1v) is 10.0. The van der Waals surface area contributed by atoms with Crippen LogP contribution in [-0.4, -0.2) is 15.2 Å². The van der Waals surface area contributed by atoms with Crippen molar-refractivity contribution in [3.8, 4) is 23.0 Å². The molecule has 0 unspecified atom stereocenters. The number of ether oxygens (including phenoxy) is 1. The molecule has 0 aliphatic heterocycles. The molecule has 2 aromatic heterocycles. The van der Waals surface area contributed by atoms with Crippen LogP contribution in [0.25, 0.3) is 11.5 Å². The molecule has 9 heteroatoms. The molecule has 0 amide bonds. The molecule has 2 N–H and O–H groups in total. The van der Waals surface area contributed by atoms with Gasteiger partial charge in [0.1, 0.15) is 5.75 Å². The average molecular weight is 459 g/mol. The van der Waals surface area contributed by atoms with Crippen LogP contribution in [-0.2, 0) is 6.42 Å². The Bertz CT molecular complexity index is 1240. The third kappa shape index (κ3) is 4.47. The van der Waals surface area contributed by atoms with Crippen LogP contribution in [0.3, 0.4) is 0 Å². The summed E-state index contributed by atoms with van der Waals surface area (Å²) in [6.07, 6.45) is 1.77. The van der Waals surface area contributed by atoms with Gasteiger partial charge in [-0.15, -0.1) is 10.2 Å². The number of halogens is 3. The number of rotatable bonds is 5. The summed E-state index contributed by atoms with van der Waals surface area (Å²) in [6, 6.07) is 9.54. The van der Waals surface area contributed by atoms with Gasteiger partial charge >= 0.3 is 0 Å². The molecular weight excluding hydrogens is 442 g/mol. The maximum atomic E-state index is 15.2. The van der Waals surface area contributed by atoms with Crippen LogP contribution in [0.15, 0.2) is 47.0 Å². The van der Waals surface area contributed by atoms with E-state index in [0.717, 1.165) is 16.8 Å². The number of nitrogen functional groups attached to an aromatic ring is 1. The Hall–Kier alpha value is -3.16. The third-order valence-corrected chi connectivity index (χ3v) is 5.13. The summed E-state index contributed by atoms with van der Waals surface area (Å²) in [5.74, 6) is 0.0692. The van der Waals surface area contributed by atoms with Crippen molar-refractivity contribution >= 4 is 28.9 Å². The highest BCUT2D eigenvalue weighted by Crippen LogP contribution is 2.36. The average Bonchev–Trinajstić information content (AvgIpc) is 3.14. The van der Waals surface area contributed by atoms with E-state index in [-0.39, 0.29) is 34.4 Å². The minimum atomic E-state index is -0.639. The fraction of sp³-hybridized carbons (Fsp3) is 0.136. The van der Waals surface area contributed by atoms with E-state index >= 15 is 4.39 Å². The molecule has 0 aliphatic rings. The molecule has 4 rings (SSSR count). The van der Waals surface area contributed by atoms with Crippen molar-refractivity contribution in [2.75, 3.05) is 5.73 Å². The lowest BCUT2D eigenvalue weighted by Crippen LogP contribution is -1.98. The molecule has 0 atom stereocenters. The van der Waals surface area contributed by atoms with Crippen molar-refractivity contribution in [2.24, 2.45) is 0 Å². The van der Waals surface area contributed by atoms with Gasteiger partial charge in [0.05, 0.1) is 22.7 Å². The van der Waals surface area contributed by atoms with E-state index in [1.165, 1.54) is 18.2 Å². The Labute approximate surface area is 187 Å². The van der Waals surface area contributed by atoms with Gasteiger partial charge in [0.2, 0.25) is 11.8 Å². The molecule has 6 nitrogen and oxygen atoms in total. The van der Waals surface area contributed by atoms with E-state index < -0.39 is 5.82 Å². The molecule has 2 aromatic carbocycles. The van der Waals surface area contributed by atoms with Crippen molar-refractivity contribution in [1.29, 1.82) is 0 Å². The monoisotopic (exact) mass is 458 g/mol. The molecule has 2 heterocycles. The molecule has 31 heavy (non-hydrogen) atoms. The Morgan fingerprint density at radius 2 is 1.90 bits per heavy atom. The first kappa shape index (κ1) is 21.1. The van der Waals surface area contributed by atoms with Gasteiger partial charge in [-0.05, 0) is 43.7 Å². The lowest BCUT2D eigenvalue weighted by molar-refractivity contribution is 0.437. The number of nitrogens with zero attached hydrogens (tertiary/aromatic N) is 3. The van der Waals surface area contributed by atoms with Crippen LogP contribution in [0.5, 0.6) is 11.5 Å². The first-order valence-electron chi connectivity index (χ1n) is 9.27. The minimum absolute atomic E-state index is 0.0579. The zero-order valence-corrected chi connectivity index (χ0v) is 18.1. The highest BCUT2D eigenvalue weighted by Gasteiger charge is 2.19. The second kappa shape index (κ2) is 8.53. The van der Waals surface area contributed by atoms with Gasteiger partial charge < -0.3 is 14.9 Å². The third-order valence-electron chi connectivity index (χ3n) is 4.61. The van der Waals surface area contributed by atoms with Crippen LogP contribution >= 0.6 is 23.2 Å². The summed E-state index contributed by atoms with van der Waals surface area (Å²) in [7, 11) is 0. The minimum Gasteiger partial charge on any atom is -0.453 e. The van der Waals surface area contributed by atoms with E-state index in [4.69, 9.17) is 38.1 Å². The summed E-state index contributed by atoms with van der Waals surface area (Å²) in [6.45, 7) is 3.79. The van der Waals surface area contributed by atoms with Crippen LogP contribution < -0.4 is 10.5 Å². The van der Waals surface area contributed by atoms with Crippen LogP contribution in [0, 0.1) is 19.7 Å². The van der Waals surface area contributed by atoms with Gasteiger partial charge in [-0.1, -0.05) is 29.3 Å². The first-order chi connectivity index (χ1) is 14.8. The summed E-state index contributed by atoms with van der Waals surface area (Å²) in [5.41, 5.74) is 8.92. The predicted molar refractivity (Wildman–Crippen MR) is 117 cm³/mol. The molecule has 0 fully saturated rings. The Morgan fingerprint density at radius 3 is 2.65 bits per heavy atom. The van der Waals surface area contributed by atoms with E-state index in [1.807, 2.05) is 19.9 Å². The highest BCUT2D eigenvalue weighted by atomic mass is 35.5. The topological polar surface area (TPSA) is 87.1 Å². The normalized spacial score (nSPS) is 11.0. The maximum Gasteiger partial charge on any atom is 0.249 e. The smallest absolute Gasteiger partial charge is 0.249 e. The largest absolute Gasteiger partial charge is 0.453 e. The fourth-order valence-electron chi connectivity index (χ4n) is 3.17. The van der Waals surface area contributed by atoms with Crippen molar-refractivity contribution < 1.29 is 13.5 Å². The van der Waals surface area contributed by atoms with Gasteiger partial charge in [0.25, 0.3) is 0 Å². The second-order valence-corrected chi connectivity index (χ2v) is 7.78. The van der Waals surface area contributed by atoms with Gasteiger partial charge in [-0.2, -0.15) is 0 Å². The van der Waals surface area contributed by atoms with E-state index in [9.17, 15) is 0 Å². The molecule has 0 saturated heterocycles. The molecule has 4 aromatic rings. The molecule has 0 saturated carbocycles. The number of nitrogens with two attached hydrogens (primary N) is 1. The van der Waals surface area contributed by atoms with Gasteiger partial charge in [0.15, 0.2) is 11.6 Å². The zero-order chi connectivity index (χ0) is 22.1. The highest BCUT2D eigenvalue weighted by molar-refractivity contribution is 6.32. The number of benzene rings is 2. The van der Waals surface area contributed by atoms with Crippen LogP contribution in [0.1, 0.15) is 22.7 Å². The predicted octanol–water partition coefficient (Wildman–Crippen LogP) is 6.16. The number of pyridine rings is 1. The SMILES string of the molecule is Cc1ccnc(C)c1-c1nnc(Cc2ccc(Cl)c(Oc3cc(N)cc(Cl)c3)c2F)o1. The molecule has 0 bridgehead atoms. The number of hydrogen-bond acceptors (Lipinski definition) is 6. The maximum absolute atomic E-state index is 15.2. The van der Waals surface area contributed by atoms with Crippen molar-refractivity contribution in [3.63, 3.8) is 0 Å². The van der Waals surface area contributed by atoms with E-state index in [0.29, 0.717) is 16.6 Å². The number of anilines is 1. The molecule has 0 spiro atoms. The Kier molecular flexibility index (Phi) is 5.80. The number of aryl methyl sites for hydroxylation is 2. The van der Waals surface area contributed by atoms with E-state index in [2.05, 4.69) is 15.2 Å². The Morgan fingerprint density at radius 1 is 1.10 bits per heavy atom. The number of aromatic nitrogens is 3. The molecule has 0 aliphatic carbocycles. The fourth-order valence-corrected chi connectivity index (χ4v) is 3.59. The lowest BCUT2D eigenvalue weighted by Gasteiger charge is -2.12. The molecule has 158 valence electrons. The Balaban J connectivity index is 1.63. The van der Waals surface area contributed by atoms with Gasteiger partial charge in [-0.3, -0.25) is 4.98 Å². The van der Waals surface area contributed by atoms with E-state index in [1.54, 1.807) is 18.3 Å². The van der Waals surface area contributed by atoms with Crippen molar-refractivity contribution in [2.45, 2.75) is 20.3 Å². The second-order valence-electron chi connectivity index (χ2n) is 6.94. The molecular formula is C22H17Cl2FN4O2. The van der Waals surface area contributed by atoms with Crippen molar-refractivity contribution in [3.05, 3.63) is 81.2 Å².